The van der Waals surface area contributed by atoms with E-state index in [9.17, 15) is 22.0 Å². The molecule has 174 valence electrons. The fourth-order valence-corrected chi connectivity index (χ4v) is 4.18. The second kappa shape index (κ2) is 8.95. The van der Waals surface area contributed by atoms with Gasteiger partial charge in [-0.2, -0.15) is 0 Å². The van der Waals surface area contributed by atoms with Crippen molar-refractivity contribution in [2.75, 3.05) is 4.72 Å². The Morgan fingerprint density at radius 3 is 2.42 bits per heavy atom. The highest BCUT2D eigenvalue weighted by Gasteiger charge is 2.30. The monoisotopic (exact) mass is 496 g/mol. The highest BCUT2D eigenvalue weighted by atomic mass is 35.5. The summed E-state index contributed by atoms with van der Waals surface area (Å²) in [6.07, 6.45) is 2.57. The zero-order valence-electron chi connectivity index (χ0n) is 17.7. The molecule has 0 aliphatic rings. The lowest BCUT2D eigenvalue weighted by Gasteiger charge is -2.22. The summed E-state index contributed by atoms with van der Waals surface area (Å²) >= 11 is 5.96. The summed E-state index contributed by atoms with van der Waals surface area (Å²) in [7, 11) is -4.23. The Bertz CT molecular complexity index is 1350. The van der Waals surface area contributed by atoms with Gasteiger partial charge in [-0.05, 0) is 62.2 Å². The number of carboxylic acid groups (broad SMARTS) is 1. The standard InChI is InChI=1S/C22H19ClF2N2O5S/c1-12-6-15(11-26-10-12)33(30,31)27-20-16(8-14(23)9-18(20)25)13-4-5-19(17(24)7-13)32-22(2,3)21(28)29/h4-11,27H,1-3H3,(H,28,29). The van der Waals surface area contributed by atoms with Crippen LogP contribution in [-0.4, -0.2) is 30.1 Å². The van der Waals surface area contributed by atoms with Crippen molar-refractivity contribution in [1.82, 2.24) is 4.98 Å². The van der Waals surface area contributed by atoms with E-state index in [0.717, 1.165) is 24.4 Å². The van der Waals surface area contributed by atoms with E-state index in [4.69, 9.17) is 21.4 Å². The van der Waals surface area contributed by atoms with Gasteiger partial charge in [-0.15, -0.1) is 0 Å². The van der Waals surface area contributed by atoms with Crippen LogP contribution < -0.4 is 9.46 Å². The van der Waals surface area contributed by atoms with Crippen LogP contribution in [0.3, 0.4) is 0 Å². The third-order valence-corrected chi connectivity index (χ3v) is 6.11. The minimum absolute atomic E-state index is 0.0351. The summed E-state index contributed by atoms with van der Waals surface area (Å²) in [5.41, 5.74) is -1.52. The molecule has 0 amide bonds. The van der Waals surface area contributed by atoms with Crippen molar-refractivity contribution in [1.29, 1.82) is 0 Å². The van der Waals surface area contributed by atoms with Gasteiger partial charge in [-0.3, -0.25) is 9.71 Å². The fourth-order valence-electron chi connectivity index (χ4n) is 2.84. The van der Waals surface area contributed by atoms with Crippen LogP contribution in [0.25, 0.3) is 11.1 Å². The first kappa shape index (κ1) is 24.4. The molecule has 3 aromatic rings. The molecule has 0 saturated carbocycles. The number of nitrogens with one attached hydrogen (secondary N) is 1. The van der Waals surface area contributed by atoms with Gasteiger partial charge in [0.1, 0.15) is 10.7 Å². The van der Waals surface area contributed by atoms with E-state index in [1.165, 1.54) is 38.2 Å². The molecule has 0 aliphatic carbocycles. The van der Waals surface area contributed by atoms with Gasteiger partial charge in [-0.1, -0.05) is 17.7 Å². The number of halogens is 3. The van der Waals surface area contributed by atoms with Crippen LogP contribution in [0.5, 0.6) is 5.75 Å². The molecule has 0 aliphatic heterocycles. The summed E-state index contributed by atoms with van der Waals surface area (Å²) in [5, 5.41) is 9.12. The lowest BCUT2D eigenvalue weighted by molar-refractivity contribution is -0.152. The molecular weight excluding hydrogens is 478 g/mol. The molecule has 2 N–H and O–H groups in total. The van der Waals surface area contributed by atoms with Gasteiger partial charge >= 0.3 is 5.97 Å². The predicted octanol–water partition coefficient (Wildman–Crippen LogP) is 5.03. The first-order chi connectivity index (χ1) is 15.3. The number of carboxylic acids is 1. The molecular formula is C22H19ClF2N2O5S. The smallest absolute Gasteiger partial charge is 0.347 e. The third kappa shape index (κ3) is 5.40. The van der Waals surface area contributed by atoms with Gasteiger partial charge < -0.3 is 9.84 Å². The highest BCUT2D eigenvalue weighted by molar-refractivity contribution is 7.92. The fraction of sp³-hybridized carbons (Fsp3) is 0.182. The summed E-state index contributed by atoms with van der Waals surface area (Å²) in [6.45, 7) is 4.16. The number of pyridine rings is 1. The summed E-state index contributed by atoms with van der Waals surface area (Å²) < 4.78 is 62.5. The van der Waals surface area contributed by atoms with Gasteiger partial charge in [0.25, 0.3) is 10.0 Å². The summed E-state index contributed by atoms with van der Waals surface area (Å²) in [4.78, 5) is 14.9. The van der Waals surface area contributed by atoms with Crippen LogP contribution in [0.15, 0.2) is 53.7 Å². The Kier molecular flexibility index (Phi) is 6.62. The number of aryl methyl sites for hydroxylation is 1. The largest absolute Gasteiger partial charge is 0.478 e. The number of nitrogens with zero attached hydrogens (tertiary/aromatic N) is 1. The topological polar surface area (TPSA) is 106 Å². The predicted molar refractivity (Wildman–Crippen MR) is 119 cm³/mol. The third-order valence-electron chi connectivity index (χ3n) is 4.57. The highest BCUT2D eigenvalue weighted by Crippen LogP contribution is 2.37. The van der Waals surface area contributed by atoms with Crippen LogP contribution in [0.4, 0.5) is 14.5 Å². The van der Waals surface area contributed by atoms with E-state index in [2.05, 4.69) is 9.71 Å². The molecule has 1 heterocycles. The van der Waals surface area contributed by atoms with Crippen molar-refractivity contribution >= 4 is 33.3 Å². The number of benzene rings is 2. The van der Waals surface area contributed by atoms with E-state index in [-0.39, 0.29) is 26.8 Å². The van der Waals surface area contributed by atoms with Crippen molar-refractivity contribution in [2.45, 2.75) is 31.3 Å². The van der Waals surface area contributed by atoms with Crippen molar-refractivity contribution in [2.24, 2.45) is 0 Å². The SMILES string of the molecule is Cc1cncc(S(=O)(=O)Nc2c(F)cc(Cl)cc2-c2ccc(OC(C)(C)C(=O)O)c(F)c2)c1. The molecule has 11 heteroatoms. The lowest BCUT2D eigenvalue weighted by Crippen LogP contribution is -2.38. The lowest BCUT2D eigenvalue weighted by atomic mass is 10.0. The van der Waals surface area contributed by atoms with Crippen LogP contribution in [0.2, 0.25) is 5.02 Å². The minimum atomic E-state index is -4.23. The van der Waals surface area contributed by atoms with Crippen LogP contribution in [0.1, 0.15) is 19.4 Å². The van der Waals surface area contributed by atoms with Crippen LogP contribution in [-0.2, 0) is 14.8 Å². The van der Waals surface area contributed by atoms with E-state index >= 15 is 0 Å². The Labute approximate surface area is 194 Å². The molecule has 7 nitrogen and oxygen atoms in total. The van der Waals surface area contributed by atoms with Gasteiger partial charge in [0.15, 0.2) is 17.2 Å². The Balaban J connectivity index is 2.06. The number of carbonyl (C=O) groups is 1. The molecule has 0 fully saturated rings. The number of hydrogen-bond acceptors (Lipinski definition) is 5. The number of ether oxygens (including phenoxy) is 1. The summed E-state index contributed by atoms with van der Waals surface area (Å²) in [5.74, 6) is -3.56. The molecule has 0 radical (unpaired) electrons. The number of aromatic nitrogens is 1. The molecule has 0 unspecified atom stereocenters. The molecule has 0 spiro atoms. The number of sulfonamides is 1. The average molecular weight is 497 g/mol. The van der Waals surface area contributed by atoms with E-state index < -0.39 is 38.9 Å². The molecule has 3 rings (SSSR count). The van der Waals surface area contributed by atoms with Crippen molar-refractivity contribution in [3.8, 4) is 16.9 Å². The molecule has 0 saturated heterocycles. The maximum atomic E-state index is 14.8. The van der Waals surface area contributed by atoms with E-state index in [1.807, 2.05) is 0 Å². The quantitative estimate of drug-likeness (QED) is 0.475. The Morgan fingerprint density at radius 2 is 1.82 bits per heavy atom. The first-order valence-corrected chi connectivity index (χ1v) is 11.3. The van der Waals surface area contributed by atoms with Crippen LogP contribution in [0, 0.1) is 18.6 Å². The molecule has 0 bridgehead atoms. The minimum Gasteiger partial charge on any atom is -0.478 e. The zero-order valence-corrected chi connectivity index (χ0v) is 19.3. The van der Waals surface area contributed by atoms with Gasteiger partial charge in [0, 0.05) is 23.0 Å². The van der Waals surface area contributed by atoms with Gasteiger partial charge in [0.05, 0.1) is 5.69 Å². The average Bonchev–Trinajstić information content (AvgIpc) is 2.71. The second-order valence-corrected chi connectivity index (χ2v) is 9.80. The van der Waals surface area contributed by atoms with E-state index in [0.29, 0.717) is 5.56 Å². The Hall–Kier alpha value is -3.24. The molecule has 2 aromatic carbocycles. The number of rotatable bonds is 7. The molecule has 0 atom stereocenters. The van der Waals surface area contributed by atoms with Gasteiger partial charge in [0.2, 0.25) is 0 Å². The number of aliphatic carboxylic acids is 1. The first-order valence-electron chi connectivity index (χ1n) is 9.46. The van der Waals surface area contributed by atoms with Crippen LogP contribution >= 0.6 is 11.6 Å². The Morgan fingerprint density at radius 1 is 1.12 bits per heavy atom. The zero-order chi connectivity index (χ0) is 24.6. The molecule has 1 aromatic heterocycles. The normalized spacial score (nSPS) is 11.8. The van der Waals surface area contributed by atoms with Crippen molar-refractivity contribution in [3.63, 3.8) is 0 Å². The van der Waals surface area contributed by atoms with Crippen molar-refractivity contribution < 1.29 is 31.8 Å². The maximum Gasteiger partial charge on any atom is 0.347 e. The summed E-state index contributed by atoms with van der Waals surface area (Å²) in [6, 6.07) is 7.00. The maximum absolute atomic E-state index is 14.8. The number of anilines is 1. The van der Waals surface area contributed by atoms with Gasteiger partial charge in [-0.25, -0.2) is 22.0 Å². The molecule has 33 heavy (non-hydrogen) atoms. The number of hydrogen-bond donors (Lipinski definition) is 2. The van der Waals surface area contributed by atoms with E-state index in [1.54, 1.807) is 6.92 Å². The van der Waals surface area contributed by atoms with Crippen molar-refractivity contribution in [3.05, 3.63) is 71.0 Å². The second-order valence-electron chi connectivity index (χ2n) is 7.68.